The highest BCUT2D eigenvalue weighted by Crippen LogP contribution is 2.36. The fourth-order valence-corrected chi connectivity index (χ4v) is 3.59. The lowest BCUT2D eigenvalue weighted by Crippen LogP contribution is -2.52. The number of benzene rings is 1. The molecule has 0 saturated carbocycles. The van der Waals surface area contributed by atoms with E-state index in [2.05, 4.69) is 5.32 Å². The number of halogens is 2. The maximum absolute atomic E-state index is 13.8. The van der Waals surface area contributed by atoms with Crippen molar-refractivity contribution in [2.24, 2.45) is 5.41 Å². The first-order valence-corrected chi connectivity index (χ1v) is 7.55. The molecule has 3 rings (SSSR count). The van der Waals surface area contributed by atoms with Crippen molar-refractivity contribution in [3.63, 3.8) is 0 Å². The number of hydrogen-bond acceptors (Lipinski definition) is 2. The smallest absolute Gasteiger partial charge is 0.256 e. The molecule has 3 nitrogen and oxygen atoms in total. The molecule has 2 heterocycles. The molecule has 1 unspecified atom stereocenters. The Balaban J connectivity index is 1.79. The Bertz CT molecular complexity index is 536. The SMILES string of the molecule is O=C(c1cc(F)ccc1F)N1CCCC2(CCCNC2)C1. The van der Waals surface area contributed by atoms with Gasteiger partial charge >= 0.3 is 0 Å². The van der Waals surface area contributed by atoms with Gasteiger partial charge in [0.2, 0.25) is 0 Å². The van der Waals surface area contributed by atoms with Gasteiger partial charge in [0.1, 0.15) is 11.6 Å². The van der Waals surface area contributed by atoms with Crippen molar-refractivity contribution < 1.29 is 13.6 Å². The lowest BCUT2D eigenvalue weighted by Gasteiger charge is -2.45. The van der Waals surface area contributed by atoms with Crippen LogP contribution in [0, 0.1) is 17.0 Å². The van der Waals surface area contributed by atoms with Crippen LogP contribution in [0.15, 0.2) is 18.2 Å². The second-order valence-electron chi connectivity index (χ2n) is 6.23. The minimum absolute atomic E-state index is 0.107. The fraction of sp³-hybridized carbons (Fsp3) is 0.562. The zero-order chi connectivity index (χ0) is 14.9. The number of piperidine rings is 2. The number of carbonyl (C=O) groups is 1. The van der Waals surface area contributed by atoms with Crippen molar-refractivity contribution in [3.05, 3.63) is 35.4 Å². The molecule has 1 spiro atoms. The second kappa shape index (κ2) is 5.72. The van der Waals surface area contributed by atoms with Crippen molar-refractivity contribution in [1.82, 2.24) is 10.2 Å². The molecule has 1 amide bonds. The molecule has 0 aromatic heterocycles. The zero-order valence-electron chi connectivity index (χ0n) is 12.0. The standard InChI is InChI=1S/C16H20F2N2O/c17-12-3-4-14(18)13(9-12)15(21)20-8-2-6-16(11-20)5-1-7-19-10-16/h3-4,9,19H,1-2,5-8,10-11H2. The summed E-state index contributed by atoms with van der Waals surface area (Å²) in [6, 6.07) is 3.05. The van der Waals surface area contributed by atoms with E-state index < -0.39 is 17.5 Å². The minimum atomic E-state index is -0.650. The van der Waals surface area contributed by atoms with Crippen LogP contribution in [0.3, 0.4) is 0 Å². The van der Waals surface area contributed by atoms with Gasteiger partial charge in [0, 0.05) is 25.0 Å². The molecule has 1 aromatic carbocycles. The summed E-state index contributed by atoms with van der Waals surface area (Å²) in [4.78, 5) is 14.2. The van der Waals surface area contributed by atoms with Gasteiger partial charge in [-0.25, -0.2) is 8.78 Å². The van der Waals surface area contributed by atoms with Gasteiger partial charge in [-0.15, -0.1) is 0 Å². The van der Waals surface area contributed by atoms with Gasteiger partial charge in [-0.2, -0.15) is 0 Å². The molecule has 5 heteroatoms. The Morgan fingerprint density at radius 3 is 2.81 bits per heavy atom. The van der Waals surface area contributed by atoms with Gasteiger partial charge in [-0.1, -0.05) is 0 Å². The third-order valence-electron chi connectivity index (χ3n) is 4.67. The van der Waals surface area contributed by atoms with Crippen molar-refractivity contribution in [3.8, 4) is 0 Å². The normalized spacial score (nSPS) is 26.1. The maximum atomic E-state index is 13.8. The average molecular weight is 294 g/mol. The summed E-state index contributed by atoms with van der Waals surface area (Å²) >= 11 is 0. The lowest BCUT2D eigenvalue weighted by atomic mass is 9.74. The summed E-state index contributed by atoms with van der Waals surface area (Å²) in [5.41, 5.74) is -0.0495. The number of hydrogen-bond donors (Lipinski definition) is 1. The topological polar surface area (TPSA) is 32.3 Å². The molecule has 1 atom stereocenters. The number of likely N-dealkylation sites (tertiary alicyclic amines) is 1. The van der Waals surface area contributed by atoms with Crippen LogP contribution < -0.4 is 5.32 Å². The van der Waals surface area contributed by atoms with Crippen LogP contribution in [0.2, 0.25) is 0 Å². The Hall–Kier alpha value is -1.49. The van der Waals surface area contributed by atoms with E-state index in [-0.39, 0.29) is 11.0 Å². The number of amides is 1. The molecular weight excluding hydrogens is 274 g/mol. The van der Waals surface area contributed by atoms with Gasteiger partial charge in [0.05, 0.1) is 5.56 Å². The van der Waals surface area contributed by atoms with E-state index in [4.69, 9.17) is 0 Å². The summed E-state index contributed by atoms with van der Waals surface area (Å²) < 4.78 is 27.1. The first kappa shape index (κ1) is 14.4. The van der Waals surface area contributed by atoms with Gasteiger partial charge in [-0.3, -0.25) is 4.79 Å². The van der Waals surface area contributed by atoms with E-state index in [1.165, 1.54) is 0 Å². The van der Waals surface area contributed by atoms with E-state index in [0.29, 0.717) is 13.1 Å². The predicted molar refractivity (Wildman–Crippen MR) is 76.0 cm³/mol. The van der Waals surface area contributed by atoms with E-state index >= 15 is 0 Å². The van der Waals surface area contributed by atoms with Crippen LogP contribution in [-0.2, 0) is 0 Å². The third kappa shape index (κ3) is 2.93. The van der Waals surface area contributed by atoms with Crippen molar-refractivity contribution in [2.75, 3.05) is 26.2 Å². The Labute approximate surface area is 123 Å². The molecule has 0 radical (unpaired) electrons. The molecule has 2 aliphatic heterocycles. The molecule has 0 bridgehead atoms. The molecule has 2 saturated heterocycles. The van der Waals surface area contributed by atoms with Gasteiger partial charge < -0.3 is 10.2 Å². The van der Waals surface area contributed by atoms with Crippen LogP contribution in [0.5, 0.6) is 0 Å². The van der Waals surface area contributed by atoms with Crippen LogP contribution in [0.1, 0.15) is 36.0 Å². The molecule has 0 aliphatic carbocycles. The predicted octanol–water partition coefficient (Wildman–Crippen LogP) is 2.57. The highest BCUT2D eigenvalue weighted by Gasteiger charge is 2.38. The summed E-state index contributed by atoms with van der Waals surface area (Å²) in [5.74, 6) is -1.62. The summed E-state index contributed by atoms with van der Waals surface area (Å²) in [6.45, 7) is 3.18. The van der Waals surface area contributed by atoms with Crippen LogP contribution in [0.25, 0.3) is 0 Å². The highest BCUT2D eigenvalue weighted by molar-refractivity contribution is 5.94. The quantitative estimate of drug-likeness (QED) is 0.863. The Morgan fingerprint density at radius 1 is 1.24 bits per heavy atom. The van der Waals surface area contributed by atoms with E-state index in [9.17, 15) is 13.6 Å². The third-order valence-corrected chi connectivity index (χ3v) is 4.67. The maximum Gasteiger partial charge on any atom is 0.256 e. The van der Waals surface area contributed by atoms with Gasteiger partial charge in [0.15, 0.2) is 0 Å². The van der Waals surface area contributed by atoms with E-state index in [1.54, 1.807) is 4.90 Å². The first-order valence-electron chi connectivity index (χ1n) is 7.55. The summed E-state index contributed by atoms with van der Waals surface area (Å²) in [6.07, 6.45) is 4.21. The first-order chi connectivity index (χ1) is 10.1. The molecule has 2 fully saturated rings. The van der Waals surface area contributed by atoms with Gasteiger partial charge in [-0.05, 0) is 50.4 Å². The molecule has 21 heavy (non-hydrogen) atoms. The zero-order valence-corrected chi connectivity index (χ0v) is 12.0. The molecule has 2 aliphatic rings. The largest absolute Gasteiger partial charge is 0.338 e. The monoisotopic (exact) mass is 294 g/mol. The molecule has 114 valence electrons. The highest BCUT2D eigenvalue weighted by atomic mass is 19.1. The van der Waals surface area contributed by atoms with E-state index in [0.717, 1.165) is 57.0 Å². The number of rotatable bonds is 1. The summed E-state index contributed by atoms with van der Waals surface area (Å²) in [5, 5.41) is 3.39. The van der Waals surface area contributed by atoms with Crippen LogP contribution >= 0.6 is 0 Å². The van der Waals surface area contributed by atoms with Crippen molar-refractivity contribution in [2.45, 2.75) is 25.7 Å². The van der Waals surface area contributed by atoms with Gasteiger partial charge in [0.25, 0.3) is 5.91 Å². The number of carbonyl (C=O) groups excluding carboxylic acids is 1. The Kier molecular flexibility index (Phi) is 3.93. The lowest BCUT2D eigenvalue weighted by molar-refractivity contribution is 0.0429. The average Bonchev–Trinajstić information content (AvgIpc) is 2.50. The molecule has 1 N–H and O–H groups in total. The molecular formula is C16H20F2N2O. The minimum Gasteiger partial charge on any atom is -0.338 e. The Morgan fingerprint density at radius 2 is 2.05 bits per heavy atom. The van der Waals surface area contributed by atoms with Crippen molar-refractivity contribution >= 4 is 5.91 Å². The van der Waals surface area contributed by atoms with E-state index in [1.807, 2.05) is 0 Å². The second-order valence-corrected chi connectivity index (χ2v) is 6.23. The molecule has 1 aromatic rings. The van der Waals surface area contributed by atoms with Crippen LogP contribution in [0.4, 0.5) is 8.78 Å². The van der Waals surface area contributed by atoms with Crippen molar-refractivity contribution in [1.29, 1.82) is 0 Å². The number of nitrogens with one attached hydrogen (secondary N) is 1. The van der Waals surface area contributed by atoms with Crippen LogP contribution in [-0.4, -0.2) is 37.0 Å². The number of nitrogens with zero attached hydrogens (tertiary/aromatic N) is 1. The summed E-state index contributed by atoms with van der Waals surface area (Å²) in [7, 11) is 0. The fourth-order valence-electron chi connectivity index (χ4n) is 3.59.